The van der Waals surface area contributed by atoms with Crippen molar-refractivity contribution in [1.29, 1.82) is 0 Å². The minimum Gasteiger partial charge on any atom is -0.496 e. The summed E-state index contributed by atoms with van der Waals surface area (Å²) in [7, 11) is 3.43. The normalized spacial score (nSPS) is 18.1. The quantitative estimate of drug-likeness (QED) is 0.905. The summed E-state index contributed by atoms with van der Waals surface area (Å²) in [5.74, 6) is 1.81. The Hall–Kier alpha value is -1.22. The first-order valence-electron chi connectivity index (χ1n) is 7.19. The van der Waals surface area contributed by atoms with Crippen LogP contribution in [-0.4, -0.2) is 14.2 Å². The Bertz CT molecular complexity index is 437. The van der Waals surface area contributed by atoms with Gasteiger partial charge >= 0.3 is 0 Å². The van der Waals surface area contributed by atoms with E-state index in [9.17, 15) is 0 Å². The highest BCUT2D eigenvalue weighted by atomic mass is 16.5. The molecular formula is C16H25NO2. The molecule has 3 nitrogen and oxygen atoms in total. The zero-order valence-electron chi connectivity index (χ0n) is 12.3. The highest BCUT2D eigenvalue weighted by Crippen LogP contribution is 2.43. The number of rotatable bonds is 4. The van der Waals surface area contributed by atoms with Crippen molar-refractivity contribution in [3.8, 4) is 11.5 Å². The monoisotopic (exact) mass is 263 g/mol. The smallest absolute Gasteiger partial charge is 0.130 e. The van der Waals surface area contributed by atoms with Gasteiger partial charge in [-0.2, -0.15) is 0 Å². The molecule has 1 aliphatic carbocycles. The average molecular weight is 263 g/mol. The van der Waals surface area contributed by atoms with Gasteiger partial charge in [0.25, 0.3) is 0 Å². The molecule has 0 amide bonds. The molecule has 0 radical (unpaired) electrons. The zero-order valence-corrected chi connectivity index (χ0v) is 12.3. The van der Waals surface area contributed by atoms with Crippen molar-refractivity contribution in [1.82, 2.24) is 0 Å². The molecule has 0 bridgehead atoms. The van der Waals surface area contributed by atoms with E-state index in [-0.39, 0.29) is 5.54 Å². The van der Waals surface area contributed by atoms with Gasteiger partial charge in [0.1, 0.15) is 11.5 Å². The maximum Gasteiger partial charge on any atom is 0.130 e. The minimum atomic E-state index is -0.236. The first-order valence-corrected chi connectivity index (χ1v) is 7.19. The Labute approximate surface area is 116 Å². The van der Waals surface area contributed by atoms with Crippen LogP contribution in [0.25, 0.3) is 0 Å². The van der Waals surface area contributed by atoms with Crippen molar-refractivity contribution in [3.63, 3.8) is 0 Å². The van der Waals surface area contributed by atoms with Crippen molar-refractivity contribution >= 4 is 0 Å². The molecule has 1 saturated carbocycles. The van der Waals surface area contributed by atoms with Gasteiger partial charge in [-0.25, -0.2) is 0 Å². The summed E-state index contributed by atoms with van der Waals surface area (Å²) in [6.07, 6.45) is 6.66. The zero-order chi connectivity index (χ0) is 13.9. The molecule has 19 heavy (non-hydrogen) atoms. The van der Waals surface area contributed by atoms with Crippen LogP contribution in [0.5, 0.6) is 11.5 Å². The van der Waals surface area contributed by atoms with Crippen LogP contribution in [0.2, 0.25) is 0 Å². The standard InChI is InChI=1S/C16H25NO2/c1-4-12-14(18-2)9-8-13(15(12)19-3)16(17)10-6-5-7-11-16/h8-9H,4-7,10-11,17H2,1-3H3. The van der Waals surface area contributed by atoms with Gasteiger partial charge in [-0.1, -0.05) is 26.2 Å². The molecule has 0 atom stereocenters. The van der Waals surface area contributed by atoms with E-state index in [0.29, 0.717) is 0 Å². The first-order chi connectivity index (χ1) is 9.16. The fourth-order valence-corrected chi connectivity index (χ4v) is 3.21. The van der Waals surface area contributed by atoms with E-state index in [1.165, 1.54) is 19.3 Å². The van der Waals surface area contributed by atoms with Crippen molar-refractivity contribution in [2.75, 3.05) is 14.2 Å². The number of hydrogen-bond acceptors (Lipinski definition) is 3. The van der Waals surface area contributed by atoms with Crippen molar-refractivity contribution in [3.05, 3.63) is 23.3 Å². The fraction of sp³-hybridized carbons (Fsp3) is 0.625. The van der Waals surface area contributed by atoms with Gasteiger partial charge in [0.15, 0.2) is 0 Å². The van der Waals surface area contributed by atoms with Gasteiger partial charge in [-0.3, -0.25) is 0 Å². The number of methoxy groups -OCH3 is 2. The number of benzene rings is 1. The molecular weight excluding hydrogens is 238 g/mol. The maximum atomic E-state index is 6.65. The van der Waals surface area contributed by atoms with Gasteiger partial charge in [-0.05, 0) is 31.4 Å². The van der Waals surface area contributed by atoms with E-state index in [2.05, 4.69) is 13.0 Å². The predicted octanol–water partition coefficient (Wildman–Crippen LogP) is 3.38. The summed E-state index contributed by atoms with van der Waals surface area (Å²) in [5.41, 5.74) is 8.68. The molecule has 0 saturated heterocycles. The first kappa shape index (κ1) is 14.2. The maximum absolute atomic E-state index is 6.65. The molecule has 0 aromatic heterocycles. The number of hydrogen-bond donors (Lipinski definition) is 1. The minimum absolute atomic E-state index is 0.236. The van der Waals surface area contributed by atoms with Gasteiger partial charge in [0.05, 0.1) is 14.2 Å². The molecule has 0 heterocycles. The molecule has 0 spiro atoms. The second kappa shape index (κ2) is 5.83. The second-order valence-corrected chi connectivity index (χ2v) is 5.40. The lowest BCUT2D eigenvalue weighted by atomic mass is 9.76. The summed E-state index contributed by atoms with van der Waals surface area (Å²) in [5, 5.41) is 0. The molecule has 1 aromatic rings. The summed E-state index contributed by atoms with van der Waals surface area (Å²) in [4.78, 5) is 0. The van der Waals surface area contributed by atoms with Gasteiger partial charge in [0, 0.05) is 16.7 Å². The summed E-state index contributed by atoms with van der Waals surface area (Å²) >= 11 is 0. The molecule has 1 aliphatic rings. The average Bonchev–Trinajstić information content (AvgIpc) is 2.46. The predicted molar refractivity (Wildman–Crippen MR) is 77.9 cm³/mol. The van der Waals surface area contributed by atoms with E-state index in [0.717, 1.165) is 41.9 Å². The third kappa shape index (κ3) is 2.57. The highest BCUT2D eigenvalue weighted by molar-refractivity contribution is 5.52. The van der Waals surface area contributed by atoms with Crippen LogP contribution in [0.15, 0.2) is 12.1 Å². The third-order valence-electron chi connectivity index (χ3n) is 4.28. The largest absolute Gasteiger partial charge is 0.496 e. The molecule has 0 aliphatic heterocycles. The van der Waals surface area contributed by atoms with Crippen LogP contribution in [0.1, 0.15) is 50.2 Å². The SMILES string of the molecule is CCc1c(OC)ccc(C2(N)CCCCC2)c1OC. The molecule has 1 fully saturated rings. The van der Waals surface area contributed by atoms with Crippen LogP contribution in [0.3, 0.4) is 0 Å². The van der Waals surface area contributed by atoms with E-state index in [4.69, 9.17) is 15.2 Å². The van der Waals surface area contributed by atoms with Gasteiger partial charge < -0.3 is 15.2 Å². The van der Waals surface area contributed by atoms with Gasteiger partial charge in [0.2, 0.25) is 0 Å². The summed E-state index contributed by atoms with van der Waals surface area (Å²) < 4.78 is 11.1. The van der Waals surface area contributed by atoms with E-state index in [1.54, 1.807) is 14.2 Å². The highest BCUT2D eigenvalue weighted by Gasteiger charge is 2.33. The Balaban J connectivity index is 2.50. The van der Waals surface area contributed by atoms with E-state index < -0.39 is 0 Å². The third-order valence-corrected chi connectivity index (χ3v) is 4.28. The van der Waals surface area contributed by atoms with Crippen molar-refractivity contribution in [2.45, 2.75) is 51.0 Å². The fourth-order valence-electron chi connectivity index (χ4n) is 3.21. The van der Waals surface area contributed by atoms with Crippen LogP contribution in [0, 0.1) is 0 Å². The number of ether oxygens (including phenoxy) is 2. The molecule has 1 aromatic carbocycles. The van der Waals surface area contributed by atoms with Crippen LogP contribution in [0.4, 0.5) is 0 Å². The van der Waals surface area contributed by atoms with Crippen LogP contribution >= 0.6 is 0 Å². The second-order valence-electron chi connectivity index (χ2n) is 5.40. The lowest BCUT2D eigenvalue weighted by Crippen LogP contribution is -2.39. The van der Waals surface area contributed by atoms with Crippen molar-refractivity contribution in [2.24, 2.45) is 5.73 Å². The number of nitrogens with two attached hydrogens (primary N) is 1. The topological polar surface area (TPSA) is 44.5 Å². The Morgan fingerprint density at radius 2 is 1.79 bits per heavy atom. The lowest BCUT2D eigenvalue weighted by molar-refractivity contribution is 0.287. The van der Waals surface area contributed by atoms with Crippen molar-refractivity contribution < 1.29 is 9.47 Å². The Morgan fingerprint density at radius 3 is 2.32 bits per heavy atom. The lowest BCUT2D eigenvalue weighted by Gasteiger charge is -2.35. The molecule has 3 heteroatoms. The molecule has 0 unspecified atom stereocenters. The molecule has 106 valence electrons. The van der Waals surface area contributed by atoms with Crippen LogP contribution in [-0.2, 0) is 12.0 Å². The summed E-state index contributed by atoms with van der Waals surface area (Å²) in [6, 6.07) is 4.11. The van der Waals surface area contributed by atoms with E-state index >= 15 is 0 Å². The Morgan fingerprint density at radius 1 is 1.11 bits per heavy atom. The molecule has 2 rings (SSSR count). The van der Waals surface area contributed by atoms with Crippen LogP contribution < -0.4 is 15.2 Å². The van der Waals surface area contributed by atoms with E-state index in [1.807, 2.05) is 6.07 Å². The summed E-state index contributed by atoms with van der Waals surface area (Å²) in [6.45, 7) is 2.12. The van der Waals surface area contributed by atoms with Gasteiger partial charge in [-0.15, -0.1) is 0 Å². The molecule has 2 N–H and O–H groups in total. The Kier molecular flexibility index (Phi) is 4.35.